The van der Waals surface area contributed by atoms with Crippen LogP contribution in [0, 0.1) is 0 Å². The van der Waals surface area contributed by atoms with Crippen LogP contribution < -0.4 is 10.1 Å². The van der Waals surface area contributed by atoms with Crippen molar-refractivity contribution >= 4 is 17.1 Å². The summed E-state index contributed by atoms with van der Waals surface area (Å²) in [5.74, 6) is 0.718. The van der Waals surface area contributed by atoms with Crippen molar-refractivity contribution in [3.8, 4) is 5.75 Å². The van der Waals surface area contributed by atoms with E-state index in [1.165, 1.54) is 0 Å². The molecule has 1 heterocycles. The summed E-state index contributed by atoms with van der Waals surface area (Å²) < 4.78 is 11.3. The molecule has 0 bridgehead atoms. The Morgan fingerprint density at radius 2 is 2.05 bits per heavy atom. The van der Waals surface area contributed by atoms with E-state index in [1.54, 1.807) is 6.07 Å². The third-order valence-electron chi connectivity index (χ3n) is 3.29. The van der Waals surface area contributed by atoms with E-state index < -0.39 is 6.23 Å². The van der Waals surface area contributed by atoms with Gasteiger partial charge in [-0.1, -0.05) is 37.3 Å². The number of hydrogen-bond acceptors (Lipinski definition) is 5. The smallest absolute Gasteiger partial charge is 0.297 e. The molecule has 0 saturated carbocycles. The molecule has 2 aromatic carbocycles. The van der Waals surface area contributed by atoms with Gasteiger partial charge in [-0.15, -0.1) is 0 Å². The molecule has 0 amide bonds. The zero-order valence-electron chi connectivity index (χ0n) is 12.3. The second-order valence-electron chi connectivity index (χ2n) is 4.99. The Bertz CT molecular complexity index is 740. The van der Waals surface area contributed by atoms with E-state index in [0.29, 0.717) is 24.6 Å². The molecule has 1 atom stereocenters. The number of benzene rings is 2. The van der Waals surface area contributed by atoms with Gasteiger partial charge in [-0.2, -0.15) is 4.98 Å². The first-order valence-electron chi connectivity index (χ1n) is 7.26. The maximum absolute atomic E-state index is 9.57. The first-order chi connectivity index (χ1) is 10.7. The molecule has 5 nitrogen and oxygen atoms in total. The highest BCUT2D eigenvalue weighted by Gasteiger charge is 2.09. The molecular weight excluding hydrogens is 280 g/mol. The zero-order valence-corrected chi connectivity index (χ0v) is 12.3. The van der Waals surface area contributed by atoms with E-state index >= 15 is 0 Å². The van der Waals surface area contributed by atoms with E-state index in [2.05, 4.69) is 10.3 Å². The predicted molar refractivity (Wildman–Crippen MR) is 84.7 cm³/mol. The van der Waals surface area contributed by atoms with Gasteiger partial charge in [-0.3, -0.25) is 0 Å². The average molecular weight is 298 g/mol. The lowest BCUT2D eigenvalue weighted by Crippen LogP contribution is -2.16. The molecule has 0 radical (unpaired) electrons. The predicted octanol–water partition coefficient (Wildman–Crippen LogP) is 3.55. The summed E-state index contributed by atoms with van der Waals surface area (Å²) >= 11 is 0. The van der Waals surface area contributed by atoms with Crippen LogP contribution in [0.3, 0.4) is 0 Å². The van der Waals surface area contributed by atoms with Crippen LogP contribution in [0.4, 0.5) is 6.01 Å². The van der Waals surface area contributed by atoms with Crippen LogP contribution in [0.1, 0.15) is 18.9 Å². The first-order valence-corrected chi connectivity index (χ1v) is 7.26. The minimum Gasteiger partial charge on any atom is -0.489 e. The van der Waals surface area contributed by atoms with Gasteiger partial charge in [0.1, 0.15) is 24.1 Å². The maximum Gasteiger partial charge on any atom is 0.297 e. The van der Waals surface area contributed by atoms with Gasteiger partial charge in [0.15, 0.2) is 5.58 Å². The van der Waals surface area contributed by atoms with Crippen molar-refractivity contribution in [3.05, 3.63) is 54.1 Å². The second kappa shape index (κ2) is 6.49. The number of ether oxygens (including phenoxy) is 1. The highest BCUT2D eigenvalue weighted by Crippen LogP contribution is 2.24. The third kappa shape index (κ3) is 3.38. The standard InChI is InChI=1S/C17H18N2O3/c1-2-16(20)19-17-18-14-9-8-13(10-15(14)22-17)21-11-12-6-4-3-5-7-12/h3-10,16,20H,2,11H2,1H3,(H,18,19). The number of rotatable bonds is 6. The van der Waals surface area contributed by atoms with Gasteiger partial charge < -0.3 is 19.6 Å². The quantitative estimate of drug-likeness (QED) is 0.681. The average Bonchev–Trinajstić information content (AvgIpc) is 2.95. The molecule has 0 spiro atoms. The van der Waals surface area contributed by atoms with Crippen LogP contribution in [0.15, 0.2) is 52.9 Å². The first kappa shape index (κ1) is 14.4. The summed E-state index contributed by atoms with van der Waals surface area (Å²) in [5.41, 5.74) is 2.45. The Morgan fingerprint density at radius 1 is 1.23 bits per heavy atom. The summed E-state index contributed by atoms with van der Waals surface area (Å²) in [6.07, 6.45) is -0.0914. The molecule has 22 heavy (non-hydrogen) atoms. The van der Waals surface area contributed by atoms with Crippen molar-refractivity contribution in [3.63, 3.8) is 0 Å². The number of aliphatic hydroxyl groups excluding tert-OH is 1. The van der Waals surface area contributed by atoms with Gasteiger partial charge in [0.25, 0.3) is 6.01 Å². The van der Waals surface area contributed by atoms with E-state index in [4.69, 9.17) is 9.15 Å². The minimum atomic E-state index is -0.665. The third-order valence-corrected chi connectivity index (χ3v) is 3.29. The highest BCUT2D eigenvalue weighted by molar-refractivity contribution is 5.76. The number of anilines is 1. The molecule has 114 valence electrons. The van der Waals surface area contributed by atoms with Gasteiger partial charge >= 0.3 is 0 Å². The number of aromatic nitrogens is 1. The summed E-state index contributed by atoms with van der Waals surface area (Å²) in [6.45, 7) is 2.37. The summed E-state index contributed by atoms with van der Waals surface area (Å²) in [5, 5.41) is 12.4. The molecule has 3 rings (SSSR count). The fourth-order valence-corrected chi connectivity index (χ4v) is 2.04. The van der Waals surface area contributed by atoms with E-state index in [0.717, 1.165) is 16.8 Å². The molecule has 5 heteroatoms. The molecule has 0 aliphatic rings. The van der Waals surface area contributed by atoms with Crippen LogP contribution in [0.2, 0.25) is 0 Å². The number of fused-ring (bicyclic) bond motifs is 1. The fourth-order valence-electron chi connectivity index (χ4n) is 2.04. The Kier molecular flexibility index (Phi) is 4.25. The summed E-state index contributed by atoms with van der Waals surface area (Å²) in [6, 6.07) is 15.8. The zero-order chi connectivity index (χ0) is 15.4. The van der Waals surface area contributed by atoms with Gasteiger partial charge in [0.05, 0.1) is 0 Å². The molecule has 1 unspecified atom stereocenters. The van der Waals surface area contributed by atoms with Gasteiger partial charge in [-0.05, 0) is 24.1 Å². The second-order valence-corrected chi connectivity index (χ2v) is 4.99. The Labute approximate surface area is 128 Å². The SMILES string of the molecule is CCC(O)Nc1nc2ccc(OCc3ccccc3)cc2o1. The van der Waals surface area contributed by atoms with Crippen LogP contribution >= 0.6 is 0 Å². The van der Waals surface area contributed by atoms with Crippen LogP contribution in [0.25, 0.3) is 11.1 Å². The van der Waals surface area contributed by atoms with Crippen molar-refractivity contribution in [1.82, 2.24) is 4.98 Å². The van der Waals surface area contributed by atoms with Crippen molar-refractivity contribution < 1.29 is 14.3 Å². The highest BCUT2D eigenvalue weighted by atomic mass is 16.5. The summed E-state index contributed by atoms with van der Waals surface area (Å²) in [4.78, 5) is 4.27. The lowest BCUT2D eigenvalue weighted by Gasteiger charge is -2.06. The molecule has 3 aromatic rings. The molecule has 1 aromatic heterocycles. The monoisotopic (exact) mass is 298 g/mol. The number of nitrogens with one attached hydrogen (secondary N) is 1. The molecule has 0 fully saturated rings. The van der Waals surface area contributed by atoms with E-state index in [1.807, 2.05) is 49.4 Å². The van der Waals surface area contributed by atoms with Gasteiger partial charge in [-0.25, -0.2) is 0 Å². The van der Waals surface area contributed by atoms with Crippen LogP contribution in [-0.2, 0) is 6.61 Å². The molecule has 0 saturated heterocycles. The van der Waals surface area contributed by atoms with Crippen LogP contribution in [0.5, 0.6) is 5.75 Å². The number of nitrogens with zero attached hydrogens (tertiary/aromatic N) is 1. The Hall–Kier alpha value is -2.53. The number of hydrogen-bond donors (Lipinski definition) is 2. The maximum atomic E-state index is 9.57. The number of oxazole rings is 1. The van der Waals surface area contributed by atoms with Gasteiger partial charge in [0.2, 0.25) is 0 Å². The normalized spacial score (nSPS) is 12.3. The van der Waals surface area contributed by atoms with Crippen molar-refractivity contribution in [1.29, 1.82) is 0 Å². The van der Waals surface area contributed by atoms with Crippen LogP contribution in [-0.4, -0.2) is 16.3 Å². The Balaban J connectivity index is 1.72. The van der Waals surface area contributed by atoms with Crippen molar-refractivity contribution in [2.24, 2.45) is 0 Å². The van der Waals surface area contributed by atoms with E-state index in [-0.39, 0.29) is 0 Å². The van der Waals surface area contributed by atoms with Gasteiger partial charge in [0, 0.05) is 6.07 Å². The lowest BCUT2D eigenvalue weighted by molar-refractivity contribution is 0.196. The number of aliphatic hydroxyl groups is 1. The molecule has 0 aliphatic carbocycles. The van der Waals surface area contributed by atoms with Crippen molar-refractivity contribution in [2.45, 2.75) is 26.2 Å². The molecular formula is C17H18N2O3. The lowest BCUT2D eigenvalue weighted by atomic mass is 10.2. The minimum absolute atomic E-state index is 0.310. The van der Waals surface area contributed by atoms with Crippen molar-refractivity contribution in [2.75, 3.05) is 5.32 Å². The summed E-state index contributed by atoms with van der Waals surface area (Å²) in [7, 11) is 0. The molecule has 2 N–H and O–H groups in total. The Morgan fingerprint density at radius 3 is 2.82 bits per heavy atom. The topological polar surface area (TPSA) is 67.5 Å². The molecule has 0 aliphatic heterocycles. The van der Waals surface area contributed by atoms with E-state index in [9.17, 15) is 5.11 Å². The fraction of sp³-hybridized carbons (Fsp3) is 0.235. The largest absolute Gasteiger partial charge is 0.489 e.